The number of hydrogen-bond donors (Lipinski definition) is 3. The summed E-state index contributed by atoms with van der Waals surface area (Å²) in [5, 5.41) is 15.2. The molecule has 0 amide bonds. The van der Waals surface area contributed by atoms with E-state index in [9.17, 15) is 0 Å². The molecule has 18 heavy (non-hydrogen) atoms. The number of thioether (sulfide) groups is 1. The molecule has 5 heteroatoms. The summed E-state index contributed by atoms with van der Waals surface area (Å²) in [6.45, 7) is 4.28. The Morgan fingerprint density at radius 3 is 2.56 bits per heavy atom. The highest BCUT2D eigenvalue weighted by molar-refractivity contribution is 7.99. The maximum Gasteiger partial charge on any atom is 0.128 e. The largest absolute Gasteiger partial charge is 0.396 e. The van der Waals surface area contributed by atoms with Crippen LogP contribution < -0.4 is 10.6 Å². The van der Waals surface area contributed by atoms with Gasteiger partial charge in [-0.2, -0.15) is 11.8 Å². The van der Waals surface area contributed by atoms with Crippen LogP contribution in [0.15, 0.2) is 18.2 Å². The number of anilines is 2. The molecule has 1 aromatic heterocycles. The average molecular weight is 269 g/mol. The van der Waals surface area contributed by atoms with Crippen molar-refractivity contribution in [3.63, 3.8) is 0 Å². The van der Waals surface area contributed by atoms with Crippen molar-refractivity contribution in [3.05, 3.63) is 18.2 Å². The minimum absolute atomic E-state index is 0.285. The van der Waals surface area contributed by atoms with E-state index in [4.69, 9.17) is 5.11 Å². The molecule has 0 saturated heterocycles. The zero-order valence-electron chi connectivity index (χ0n) is 11.0. The van der Waals surface area contributed by atoms with Gasteiger partial charge in [0.1, 0.15) is 11.6 Å². The number of hydrogen-bond acceptors (Lipinski definition) is 5. The van der Waals surface area contributed by atoms with Gasteiger partial charge < -0.3 is 15.7 Å². The quantitative estimate of drug-likeness (QED) is 0.570. The maximum absolute atomic E-state index is 8.66. The third-order valence-corrected chi connectivity index (χ3v) is 3.37. The summed E-state index contributed by atoms with van der Waals surface area (Å²) in [6.07, 6.45) is 1.97. The van der Waals surface area contributed by atoms with Gasteiger partial charge in [0.2, 0.25) is 0 Å². The Hall–Kier alpha value is -0.940. The minimum atomic E-state index is 0.285. The summed E-state index contributed by atoms with van der Waals surface area (Å²) < 4.78 is 0. The molecule has 1 rings (SSSR count). The predicted molar refractivity (Wildman–Crippen MR) is 80.5 cm³/mol. The Morgan fingerprint density at radius 2 is 1.89 bits per heavy atom. The zero-order chi connectivity index (χ0) is 13.1. The van der Waals surface area contributed by atoms with Crippen LogP contribution >= 0.6 is 11.8 Å². The van der Waals surface area contributed by atoms with Crippen LogP contribution in [0.5, 0.6) is 0 Å². The molecule has 0 aliphatic rings. The summed E-state index contributed by atoms with van der Waals surface area (Å²) in [5.74, 6) is 3.89. The summed E-state index contributed by atoms with van der Waals surface area (Å²) in [4.78, 5) is 4.47. The van der Waals surface area contributed by atoms with Crippen LogP contribution in [-0.2, 0) is 0 Å². The zero-order valence-corrected chi connectivity index (χ0v) is 11.8. The van der Waals surface area contributed by atoms with Crippen molar-refractivity contribution in [2.24, 2.45) is 0 Å². The van der Waals surface area contributed by atoms with E-state index in [0.717, 1.165) is 49.1 Å². The maximum atomic E-state index is 8.66. The third kappa shape index (κ3) is 6.71. The molecular formula is C13H23N3OS. The van der Waals surface area contributed by atoms with Gasteiger partial charge in [0, 0.05) is 25.4 Å². The fraction of sp³-hybridized carbons (Fsp3) is 0.615. The van der Waals surface area contributed by atoms with Gasteiger partial charge in [-0.05, 0) is 30.7 Å². The lowest BCUT2D eigenvalue weighted by molar-refractivity contribution is 0.296. The van der Waals surface area contributed by atoms with Gasteiger partial charge in [-0.1, -0.05) is 13.0 Å². The number of rotatable bonds is 10. The van der Waals surface area contributed by atoms with Gasteiger partial charge in [0.15, 0.2) is 0 Å². The van der Waals surface area contributed by atoms with Crippen LogP contribution in [0.1, 0.15) is 19.8 Å². The van der Waals surface area contributed by atoms with E-state index in [2.05, 4.69) is 22.5 Å². The molecule has 0 radical (unpaired) electrons. The molecule has 0 fully saturated rings. The van der Waals surface area contributed by atoms with Crippen LogP contribution in [0, 0.1) is 0 Å². The summed E-state index contributed by atoms with van der Waals surface area (Å²) in [6, 6.07) is 5.97. The van der Waals surface area contributed by atoms with Crippen molar-refractivity contribution < 1.29 is 5.11 Å². The van der Waals surface area contributed by atoms with Crippen molar-refractivity contribution >= 4 is 23.4 Å². The Kier molecular flexibility index (Phi) is 8.42. The summed E-state index contributed by atoms with van der Waals surface area (Å²) in [5.41, 5.74) is 0. The van der Waals surface area contributed by atoms with Gasteiger partial charge in [-0.25, -0.2) is 4.98 Å². The molecule has 0 saturated carbocycles. The molecule has 0 aliphatic carbocycles. The third-order valence-electron chi connectivity index (χ3n) is 2.30. The smallest absolute Gasteiger partial charge is 0.128 e. The summed E-state index contributed by atoms with van der Waals surface area (Å²) in [7, 11) is 0. The standard InChI is InChI=1S/C13H23N3OS/c1-2-7-14-12-5-3-6-13(16-12)15-8-11-18-10-4-9-17/h3,5-6,17H,2,4,7-11H2,1H3,(H2,14,15,16). The summed E-state index contributed by atoms with van der Waals surface area (Å²) >= 11 is 1.85. The van der Waals surface area contributed by atoms with E-state index in [0.29, 0.717) is 0 Å². The number of nitrogens with zero attached hydrogens (tertiary/aromatic N) is 1. The molecule has 0 aromatic carbocycles. The first-order valence-corrected chi connectivity index (χ1v) is 7.65. The number of aliphatic hydroxyl groups is 1. The Balaban J connectivity index is 2.20. The molecule has 0 unspecified atom stereocenters. The lowest BCUT2D eigenvalue weighted by atomic mass is 10.4. The van der Waals surface area contributed by atoms with Crippen molar-refractivity contribution in [1.29, 1.82) is 0 Å². The number of nitrogens with one attached hydrogen (secondary N) is 2. The van der Waals surface area contributed by atoms with Crippen LogP contribution in [0.2, 0.25) is 0 Å². The molecular weight excluding hydrogens is 246 g/mol. The SMILES string of the molecule is CCCNc1cccc(NCCSCCCO)n1. The van der Waals surface area contributed by atoms with E-state index < -0.39 is 0 Å². The van der Waals surface area contributed by atoms with E-state index in [1.54, 1.807) is 0 Å². The lowest BCUT2D eigenvalue weighted by Crippen LogP contribution is -2.08. The van der Waals surface area contributed by atoms with E-state index in [1.165, 1.54) is 0 Å². The first kappa shape index (κ1) is 15.1. The second-order valence-electron chi connectivity index (χ2n) is 3.95. The number of aliphatic hydroxyl groups excluding tert-OH is 1. The fourth-order valence-corrected chi connectivity index (χ4v) is 2.19. The Bertz CT molecular complexity index is 323. The van der Waals surface area contributed by atoms with Crippen LogP contribution in [0.3, 0.4) is 0 Å². The van der Waals surface area contributed by atoms with Crippen LogP contribution in [0.4, 0.5) is 11.6 Å². The molecule has 3 N–H and O–H groups in total. The topological polar surface area (TPSA) is 57.2 Å². The normalized spacial score (nSPS) is 10.3. The highest BCUT2D eigenvalue weighted by atomic mass is 32.2. The van der Waals surface area contributed by atoms with Crippen molar-refractivity contribution in [2.45, 2.75) is 19.8 Å². The lowest BCUT2D eigenvalue weighted by Gasteiger charge is -2.08. The molecule has 0 aliphatic heterocycles. The van der Waals surface area contributed by atoms with E-state index in [1.807, 2.05) is 30.0 Å². The van der Waals surface area contributed by atoms with E-state index >= 15 is 0 Å². The Morgan fingerprint density at radius 1 is 1.17 bits per heavy atom. The van der Waals surface area contributed by atoms with Gasteiger partial charge in [-0.15, -0.1) is 0 Å². The van der Waals surface area contributed by atoms with Crippen molar-refractivity contribution in [1.82, 2.24) is 4.98 Å². The number of pyridine rings is 1. The van der Waals surface area contributed by atoms with Gasteiger partial charge >= 0.3 is 0 Å². The van der Waals surface area contributed by atoms with Crippen molar-refractivity contribution in [3.8, 4) is 0 Å². The predicted octanol–water partition coefficient (Wildman–Crippen LogP) is 2.43. The van der Waals surface area contributed by atoms with E-state index in [-0.39, 0.29) is 6.61 Å². The van der Waals surface area contributed by atoms with Crippen molar-refractivity contribution in [2.75, 3.05) is 41.8 Å². The second kappa shape index (κ2) is 10.0. The average Bonchev–Trinajstić information content (AvgIpc) is 2.41. The molecule has 102 valence electrons. The first-order valence-electron chi connectivity index (χ1n) is 6.50. The molecule has 0 spiro atoms. The van der Waals surface area contributed by atoms with Crippen LogP contribution in [-0.4, -0.2) is 41.3 Å². The second-order valence-corrected chi connectivity index (χ2v) is 5.18. The van der Waals surface area contributed by atoms with Gasteiger partial charge in [0.25, 0.3) is 0 Å². The highest BCUT2D eigenvalue weighted by Gasteiger charge is 1.96. The monoisotopic (exact) mass is 269 g/mol. The fourth-order valence-electron chi connectivity index (χ4n) is 1.40. The number of aromatic nitrogens is 1. The molecule has 4 nitrogen and oxygen atoms in total. The minimum Gasteiger partial charge on any atom is -0.396 e. The molecule has 1 aromatic rings. The molecule has 0 bridgehead atoms. The van der Waals surface area contributed by atoms with Gasteiger partial charge in [-0.3, -0.25) is 0 Å². The van der Waals surface area contributed by atoms with Gasteiger partial charge in [0.05, 0.1) is 0 Å². The Labute approximate surface area is 114 Å². The van der Waals surface area contributed by atoms with Crippen LogP contribution in [0.25, 0.3) is 0 Å². The first-order chi connectivity index (χ1) is 8.86. The highest BCUT2D eigenvalue weighted by Crippen LogP contribution is 2.09. The molecule has 1 heterocycles. The molecule has 0 atom stereocenters.